The Balaban J connectivity index is 1.68. The lowest BCUT2D eigenvalue weighted by Crippen LogP contribution is -1.98. The monoisotopic (exact) mass is 332 g/mol. The minimum atomic E-state index is 0.224. The summed E-state index contributed by atoms with van der Waals surface area (Å²) in [5.41, 5.74) is 1.09. The van der Waals surface area contributed by atoms with E-state index < -0.39 is 0 Å². The second kappa shape index (κ2) is 7.51. The van der Waals surface area contributed by atoms with Crippen molar-refractivity contribution in [2.45, 2.75) is 17.7 Å². The predicted molar refractivity (Wildman–Crippen MR) is 91.2 cm³/mol. The summed E-state index contributed by atoms with van der Waals surface area (Å²) in [5.74, 6) is 3.76. The number of aryl methyl sites for hydroxylation is 1. The molecule has 2 aromatic carbocycles. The van der Waals surface area contributed by atoms with E-state index in [1.807, 2.05) is 23.9 Å². The molecule has 0 aliphatic carbocycles. The van der Waals surface area contributed by atoms with Crippen LogP contribution in [0.3, 0.4) is 0 Å². The Bertz CT molecular complexity index is 658. The molecule has 0 spiro atoms. The molecule has 5 heteroatoms. The number of benzene rings is 2. The Morgan fingerprint density at radius 2 is 1.83 bits per heavy atom. The van der Waals surface area contributed by atoms with Gasteiger partial charge < -0.3 is 18.9 Å². The van der Waals surface area contributed by atoms with Crippen molar-refractivity contribution >= 4 is 11.8 Å². The van der Waals surface area contributed by atoms with Gasteiger partial charge in [-0.15, -0.1) is 11.8 Å². The molecule has 3 rings (SSSR count). The molecule has 2 aromatic rings. The van der Waals surface area contributed by atoms with Gasteiger partial charge in [-0.25, -0.2) is 0 Å². The lowest BCUT2D eigenvalue weighted by molar-refractivity contribution is 0.170. The van der Waals surface area contributed by atoms with Crippen LogP contribution in [0.4, 0.5) is 0 Å². The van der Waals surface area contributed by atoms with Gasteiger partial charge in [0.2, 0.25) is 18.3 Å². The SMILES string of the molecule is COc1c(CCCSc2ccccc2)cc2c(c1OC)OCO2. The predicted octanol–water partition coefficient (Wildman–Crippen LogP) is 4.16. The normalized spacial score (nSPS) is 12.3. The van der Waals surface area contributed by atoms with E-state index in [1.165, 1.54) is 4.90 Å². The van der Waals surface area contributed by atoms with E-state index in [0.717, 1.165) is 35.7 Å². The van der Waals surface area contributed by atoms with E-state index in [-0.39, 0.29) is 6.79 Å². The first-order valence-electron chi connectivity index (χ1n) is 7.54. The summed E-state index contributed by atoms with van der Waals surface area (Å²) in [4.78, 5) is 1.29. The molecule has 0 radical (unpaired) electrons. The van der Waals surface area contributed by atoms with Gasteiger partial charge in [0.25, 0.3) is 0 Å². The number of fused-ring (bicyclic) bond motifs is 1. The Kier molecular flexibility index (Phi) is 5.18. The second-order valence-electron chi connectivity index (χ2n) is 5.10. The number of ether oxygens (including phenoxy) is 4. The zero-order valence-electron chi connectivity index (χ0n) is 13.3. The first-order chi connectivity index (χ1) is 11.3. The highest BCUT2D eigenvalue weighted by molar-refractivity contribution is 7.99. The van der Waals surface area contributed by atoms with Crippen LogP contribution in [-0.2, 0) is 6.42 Å². The molecule has 0 saturated heterocycles. The van der Waals surface area contributed by atoms with Crippen LogP contribution in [0.25, 0.3) is 0 Å². The molecular formula is C18H20O4S. The van der Waals surface area contributed by atoms with Gasteiger partial charge in [-0.3, -0.25) is 0 Å². The Labute approximate surface area is 140 Å². The topological polar surface area (TPSA) is 36.9 Å². The van der Waals surface area contributed by atoms with Gasteiger partial charge in [0.05, 0.1) is 14.2 Å². The third kappa shape index (κ3) is 3.50. The molecular weight excluding hydrogens is 312 g/mol. The summed E-state index contributed by atoms with van der Waals surface area (Å²) in [6.07, 6.45) is 1.94. The van der Waals surface area contributed by atoms with Crippen molar-refractivity contribution < 1.29 is 18.9 Å². The van der Waals surface area contributed by atoms with E-state index in [2.05, 4.69) is 24.3 Å². The highest BCUT2D eigenvalue weighted by Gasteiger charge is 2.25. The van der Waals surface area contributed by atoms with Gasteiger partial charge >= 0.3 is 0 Å². The number of rotatable bonds is 7. The van der Waals surface area contributed by atoms with Crippen molar-refractivity contribution in [3.63, 3.8) is 0 Å². The molecule has 1 heterocycles. The fourth-order valence-electron chi connectivity index (χ4n) is 2.61. The molecule has 0 atom stereocenters. The summed E-state index contributed by atoms with van der Waals surface area (Å²) in [6, 6.07) is 12.4. The van der Waals surface area contributed by atoms with Gasteiger partial charge in [0.1, 0.15) is 0 Å². The average Bonchev–Trinajstić information content (AvgIpc) is 3.06. The standard InChI is InChI=1S/C18H20O4S/c1-19-16-13(7-6-10-23-14-8-4-3-5-9-14)11-15-17(18(16)20-2)22-12-21-15/h3-5,8-9,11H,6-7,10,12H2,1-2H3. The van der Waals surface area contributed by atoms with Crippen LogP contribution >= 0.6 is 11.8 Å². The van der Waals surface area contributed by atoms with E-state index in [0.29, 0.717) is 11.5 Å². The molecule has 0 N–H and O–H groups in total. The van der Waals surface area contributed by atoms with Crippen LogP contribution in [0.2, 0.25) is 0 Å². The van der Waals surface area contributed by atoms with E-state index in [9.17, 15) is 0 Å². The maximum Gasteiger partial charge on any atom is 0.231 e. The first kappa shape index (κ1) is 15.9. The third-order valence-electron chi connectivity index (χ3n) is 3.66. The van der Waals surface area contributed by atoms with Crippen LogP contribution in [0.15, 0.2) is 41.3 Å². The fraction of sp³-hybridized carbons (Fsp3) is 0.333. The third-order valence-corrected chi connectivity index (χ3v) is 4.76. The quantitative estimate of drug-likeness (QED) is 0.562. The second-order valence-corrected chi connectivity index (χ2v) is 6.27. The molecule has 122 valence electrons. The molecule has 0 fully saturated rings. The van der Waals surface area contributed by atoms with Crippen molar-refractivity contribution in [3.05, 3.63) is 42.0 Å². The number of methoxy groups -OCH3 is 2. The van der Waals surface area contributed by atoms with Gasteiger partial charge in [-0.2, -0.15) is 0 Å². The highest BCUT2D eigenvalue weighted by Crippen LogP contribution is 2.49. The molecule has 4 nitrogen and oxygen atoms in total. The minimum absolute atomic E-state index is 0.224. The summed E-state index contributed by atoms with van der Waals surface area (Å²) in [6.45, 7) is 0.224. The van der Waals surface area contributed by atoms with Crippen molar-refractivity contribution in [1.82, 2.24) is 0 Å². The average molecular weight is 332 g/mol. The number of hydrogen-bond donors (Lipinski definition) is 0. The first-order valence-corrected chi connectivity index (χ1v) is 8.53. The van der Waals surface area contributed by atoms with Crippen molar-refractivity contribution in [3.8, 4) is 23.0 Å². The highest BCUT2D eigenvalue weighted by atomic mass is 32.2. The smallest absolute Gasteiger partial charge is 0.231 e. The van der Waals surface area contributed by atoms with Crippen molar-refractivity contribution in [1.29, 1.82) is 0 Å². The van der Waals surface area contributed by atoms with Gasteiger partial charge in [0.15, 0.2) is 11.5 Å². The zero-order valence-corrected chi connectivity index (χ0v) is 14.2. The van der Waals surface area contributed by atoms with E-state index in [4.69, 9.17) is 18.9 Å². The molecule has 0 aromatic heterocycles. The summed E-state index contributed by atoms with van der Waals surface area (Å²) in [5, 5.41) is 0. The van der Waals surface area contributed by atoms with Crippen LogP contribution in [0.1, 0.15) is 12.0 Å². The molecule has 0 unspecified atom stereocenters. The largest absolute Gasteiger partial charge is 0.492 e. The molecule has 0 saturated carbocycles. The van der Waals surface area contributed by atoms with Gasteiger partial charge in [0, 0.05) is 10.5 Å². The van der Waals surface area contributed by atoms with E-state index >= 15 is 0 Å². The summed E-state index contributed by atoms with van der Waals surface area (Å²) in [7, 11) is 3.27. The van der Waals surface area contributed by atoms with Crippen LogP contribution < -0.4 is 18.9 Å². The van der Waals surface area contributed by atoms with Gasteiger partial charge in [-0.05, 0) is 36.8 Å². The minimum Gasteiger partial charge on any atom is -0.492 e. The van der Waals surface area contributed by atoms with E-state index in [1.54, 1.807) is 14.2 Å². The molecule has 23 heavy (non-hydrogen) atoms. The molecule has 0 bridgehead atoms. The Hall–Kier alpha value is -2.01. The lowest BCUT2D eigenvalue weighted by Gasteiger charge is -2.14. The van der Waals surface area contributed by atoms with Crippen LogP contribution in [0, 0.1) is 0 Å². The number of hydrogen-bond acceptors (Lipinski definition) is 5. The molecule has 1 aliphatic heterocycles. The summed E-state index contributed by atoms with van der Waals surface area (Å²) < 4.78 is 22.0. The zero-order chi connectivity index (χ0) is 16.1. The maximum atomic E-state index is 5.54. The molecule has 1 aliphatic rings. The van der Waals surface area contributed by atoms with Gasteiger partial charge in [-0.1, -0.05) is 18.2 Å². The van der Waals surface area contributed by atoms with Crippen LogP contribution in [0.5, 0.6) is 23.0 Å². The van der Waals surface area contributed by atoms with Crippen molar-refractivity contribution in [2.24, 2.45) is 0 Å². The van der Waals surface area contributed by atoms with Crippen molar-refractivity contribution in [2.75, 3.05) is 26.8 Å². The number of thioether (sulfide) groups is 1. The van der Waals surface area contributed by atoms with Crippen LogP contribution in [-0.4, -0.2) is 26.8 Å². The lowest BCUT2D eigenvalue weighted by atomic mass is 10.1. The Morgan fingerprint density at radius 1 is 1.04 bits per heavy atom. The maximum absolute atomic E-state index is 5.54. The fourth-order valence-corrected chi connectivity index (χ4v) is 3.48. The summed E-state index contributed by atoms with van der Waals surface area (Å²) >= 11 is 1.86. The Morgan fingerprint density at radius 3 is 2.57 bits per heavy atom. The molecule has 0 amide bonds.